The molecule has 118 valence electrons. The molecule has 1 nitrogen and oxygen atoms in total. The molecule has 0 saturated carbocycles. The van der Waals surface area contributed by atoms with E-state index in [0.717, 1.165) is 13.1 Å². The van der Waals surface area contributed by atoms with Gasteiger partial charge in [-0.3, -0.25) is 0 Å². The zero-order valence-electron chi connectivity index (χ0n) is 14.3. The van der Waals surface area contributed by atoms with Crippen molar-refractivity contribution in [2.75, 3.05) is 13.1 Å². The molecule has 1 aliphatic rings. The predicted octanol–water partition coefficient (Wildman–Crippen LogP) is 5.54. The van der Waals surface area contributed by atoms with E-state index >= 15 is 0 Å². The molecule has 0 N–H and O–H groups in total. The van der Waals surface area contributed by atoms with Gasteiger partial charge in [-0.15, -0.1) is 0 Å². The highest BCUT2D eigenvalue weighted by atomic mass is 15.1. The Kier molecular flexibility index (Phi) is 6.06. The minimum atomic E-state index is 0.512. The van der Waals surface area contributed by atoms with E-state index in [1.54, 1.807) is 0 Å². The minimum absolute atomic E-state index is 0.512. The Labute approximate surface area is 136 Å². The average molecular weight is 295 g/mol. The standard InChI is InChI=1S/C21H29N/c1-5-21(12-11-18(4)17(2)3)22-15-13-20(14-16-22)19-9-7-6-8-10-19/h5-12,17,20H,4,13-16H2,1-3H3/b12-11-,21-5+. The maximum Gasteiger partial charge on any atom is 0.0322 e. The van der Waals surface area contributed by atoms with E-state index in [4.69, 9.17) is 0 Å². The molecule has 1 aliphatic heterocycles. The lowest BCUT2D eigenvalue weighted by atomic mass is 9.89. The number of likely N-dealkylation sites (tertiary alicyclic amines) is 1. The van der Waals surface area contributed by atoms with Gasteiger partial charge in [-0.25, -0.2) is 0 Å². The molecule has 0 amide bonds. The molecule has 1 fully saturated rings. The van der Waals surface area contributed by atoms with E-state index in [1.807, 2.05) is 0 Å². The first kappa shape index (κ1) is 16.6. The van der Waals surface area contributed by atoms with Crippen LogP contribution in [0.15, 0.2) is 66.4 Å². The van der Waals surface area contributed by atoms with Crippen molar-refractivity contribution in [2.45, 2.75) is 39.5 Å². The number of hydrogen-bond donors (Lipinski definition) is 0. The summed E-state index contributed by atoms with van der Waals surface area (Å²) in [5.41, 5.74) is 4.01. The Hall–Kier alpha value is -1.76. The third-order valence-electron chi connectivity index (χ3n) is 4.64. The lowest BCUT2D eigenvalue weighted by molar-refractivity contribution is 0.269. The summed E-state index contributed by atoms with van der Waals surface area (Å²) < 4.78 is 0. The highest BCUT2D eigenvalue weighted by Crippen LogP contribution is 2.29. The van der Waals surface area contributed by atoms with E-state index in [0.29, 0.717) is 11.8 Å². The highest BCUT2D eigenvalue weighted by molar-refractivity contribution is 5.27. The Morgan fingerprint density at radius 2 is 1.77 bits per heavy atom. The summed E-state index contributed by atoms with van der Waals surface area (Å²) in [5, 5.41) is 0. The molecule has 22 heavy (non-hydrogen) atoms. The molecule has 0 spiro atoms. The highest BCUT2D eigenvalue weighted by Gasteiger charge is 2.20. The zero-order valence-corrected chi connectivity index (χ0v) is 14.3. The largest absolute Gasteiger partial charge is 0.372 e. The molecule has 1 heteroatoms. The van der Waals surface area contributed by atoms with Crippen molar-refractivity contribution in [1.82, 2.24) is 4.90 Å². The molecule has 0 atom stereocenters. The van der Waals surface area contributed by atoms with Crippen LogP contribution in [0.4, 0.5) is 0 Å². The normalized spacial score (nSPS) is 17.5. The van der Waals surface area contributed by atoms with E-state index in [1.165, 1.54) is 29.7 Å². The minimum Gasteiger partial charge on any atom is -0.372 e. The maximum absolute atomic E-state index is 4.12. The molecule has 1 aromatic rings. The van der Waals surface area contributed by atoms with Crippen LogP contribution in [-0.4, -0.2) is 18.0 Å². The van der Waals surface area contributed by atoms with Crippen molar-refractivity contribution < 1.29 is 0 Å². The third-order valence-corrected chi connectivity index (χ3v) is 4.64. The molecular weight excluding hydrogens is 266 g/mol. The number of piperidine rings is 1. The van der Waals surface area contributed by atoms with Crippen LogP contribution in [0.1, 0.15) is 45.1 Å². The predicted molar refractivity (Wildman–Crippen MR) is 96.9 cm³/mol. The van der Waals surface area contributed by atoms with Crippen LogP contribution in [0.25, 0.3) is 0 Å². The van der Waals surface area contributed by atoms with Gasteiger partial charge in [0, 0.05) is 18.8 Å². The van der Waals surface area contributed by atoms with Crippen LogP contribution in [-0.2, 0) is 0 Å². The van der Waals surface area contributed by atoms with Gasteiger partial charge >= 0.3 is 0 Å². The van der Waals surface area contributed by atoms with Gasteiger partial charge in [-0.05, 0) is 43.2 Å². The van der Waals surface area contributed by atoms with Crippen LogP contribution in [0, 0.1) is 5.92 Å². The number of hydrogen-bond acceptors (Lipinski definition) is 1. The second kappa shape index (κ2) is 8.03. The summed E-state index contributed by atoms with van der Waals surface area (Å²) in [6.07, 6.45) is 9.09. The van der Waals surface area contributed by atoms with Crippen LogP contribution >= 0.6 is 0 Å². The Morgan fingerprint density at radius 1 is 1.14 bits per heavy atom. The number of nitrogens with zero attached hydrogens (tertiary/aromatic N) is 1. The average Bonchev–Trinajstić information content (AvgIpc) is 2.56. The van der Waals surface area contributed by atoms with E-state index < -0.39 is 0 Å². The number of allylic oxidation sites excluding steroid dienone is 4. The van der Waals surface area contributed by atoms with Gasteiger partial charge < -0.3 is 4.90 Å². The monoisotopic (exact) mass is 295 g/mol. The smallest absolute Gasteiger partial charge is 0.0322 e. The molecule has 0 aliphatic carbocycles. The zero-order chi connectivity index (χ0) is 15.9. The Balaban J connectivity index is 1.94. The van der Waals surface area contributed by atoms with E-state index in [2.05, 4.69) is 80.8 Å². The number of rotatable bonds is 5. The Morgan fingerprint density at radius 3 is 2.32 bits per heavy atom. The third kappa shape index (κ3) is 4.37. The quantitative estimate of drug-likeness (QED) is 0.645. The molecule has 1 heterocycles. The van der Waals surface area contributed by atoms with Gasteiger partial charge in [-0.2, -0.15) is 0 Å². The summed E-state index contributed by atoms with van der Waals surface area (Å²) in [6.45, 7) is 12.9. The fourth-order valence-electron chi connectivity index (χ4n) is 2.97. The van der Waals surface area contributed by atoms with Gasteiger partial charge in [0.2, 0.25) is 0 Å². The second-order valence-corrected chi connectivity index (χ2v) is 6.45. The van der Waals surface area contributed by atoms with Gasteiger partial charge in [0.1, 0.15) is 0 Å². The van der Waals surface area contributed by atoms with Crippen LogP contribution in [0.3, 0.4) is 0 Å². The van der Waals surface area contributed by atoms with Crippen LogP contribution in [0.5, 0.6) is 0 Å². The summed E-state index contributed by atoms with van der Waals surface area (Å²) >= 11 is 0. The van der Waals surface area contributed by atoms with Crippen molar-refractivity contribution in [1.29, 1.82) is 0 Å². The van der Waals surface area contributed by atoms with Crippen molar-refractivity contribution in [2.24, 2.45) is 5.92 Å². The van der Waals surface area contributed by atoms with Gasteiger partial charge in [0.25, 0.3) is 0 Å². The number of benzene rings is 1. The lowest BCUT2D eigenvalue weighted by Gasteiger charge is -2.34. The molecule has 1 saturated heterocycles. The first-order valence-electron chi connectivity index (χ1n) is 8.45. The van der Waals surface area contributed by atoms with Crippen molar-refractivity contribution in [3.05, 3.63) is 72.0 Å². The van der Waals surface area contributed by atoms with E-state index in [9.17, 15) is 0 Å². The van der Waals surface area contributed by atoms with E-state index in [-0.39, 0.29) is 0 Å². The fraction of sp³-hybridized carbons (Fsp3) is 0.429. The molecule has 0 radical (unpaired) electrons. The summed E-state index contributed by atoms with van der Waals surface area (Å²) in [5.74, 6) is 1.23. The molecule has 1 aromatic carbocycles. The van der Waals surface area contributed by atoms with Crippen molar-refractivity contribution in [3.8, 4) is 0 Å². The molecule has 0 aromatic heterocycles. The fourth-order valence-corrected chi connectivity index (χ4v) is 2.97. The van der Waals surface area contributed by atoms with Gasteiger partial charge in [0.15, 0.2) is 0 Å². The second-order valence-electron chi connectivity index (χ2n) is 6.45. The molecule has 2 rings (SSSR count). The molecular formula is C21H29N. The lowest BCUT2D eigenvalue weighted by Crippen LogP contribution is -2.31. The maximum atomic E-state index is 4.12. The summed E-state index contributed by atoms with van der Waals surface area (Å²) in [4.78, 5) is 2.50. The molecule has 0 bridgehead atoms. The van der Waals surface area contributed by atoms with Crippen molar-refractivity contribution in [3.63, 3.8) is 0 Å². The van der Waals surface area contributed by atoms with Gasteiger partial charge in [-0.1, -0.05) is 68.5 Å². The first-order chi connectivity index (χ1) is 10.6. The SMILES string of the molecule is C=C(/C=C\C(=C/C)N1CCC(c2ccccc2)CC1)C(C)C. The van der Waals surface area contributed by atoms with Crippen molar-refractivity contribution >= 4 is 0 Å². The Bertz CT molecular complexity index is 528. The summed E-state index contributed by atoms with van der Waals surface area (Å²) in [6, 6.07) is 10.9. The topological polar surface area (TPSA) is 3.24 Å². The van der Waals surface area contributed by atoms with Gasteiger partial charge in [0.05, 0.1) is 0 Å². The molecule has 0 unspecified atom stereocenters. The van der Waals surface area contributed by atoms with Crippen LogP contribution in [0.2, 0.25) is 0 Å². The first-order valence-corrected chi connectivity index (χ1v) is 8.45. The van der Waals surface area contributed by atoms with Crippen LogP contribution < -0.4 is 0 Å². The summed E-state index contributed by atoms with van der Waals surface area (Å²) in [7, 11) is 0.